The van der Waals surface area contributed by atoms with Crippen molar-refractivity contribution >= 4 is 11.6 Å². The topological polar surface area (TPSA) is 29.1 Å². The molecule has 29 heavy (non-hydrogen) atoms. The van der Waals surface area contributed by atoms with Crippen molar-refractivity contribution in [2.75, 3.05) is 4.90 Å². The SMILES string of the molecule is CC(C)N(C(=O)C[n+]1cc(-c2ccc(F)cc2)n2c1CCC2)c1ccccc1.[Cl-]. The van der Waals surface area contributed by atoms with Gasteiger partial charge in [0.2, 0.25) is 0 Å². The number of benzene rings is 2. The highest BCUT2D eigenvalue weighted by Crippen LogP contribution is 2.25. The number of carbonyl (C=O) groups is 1. The third-order valence-corrected chi connectivity index (χ3v) is 5.26. The van der Waals surface area contributed by atoms with E-state index in [1.807, 2.05) is 55.3 Å². The van der Waals surface area contributed by atoms with Gasteiger partial charge in [0.05, 0.1) is 13.0 Å². The number of amides is 1. The summed E-state index contributed by atoms with van der Waals surface area (Å²) in [7, 11) is 0. The van der Waals surface area contributed by atoms with Crippen molar-refractivity contribution < 1.29 is 26.2 Å². The Morgan fingerprint density at radius 3 is 2.48 bits per heavy atom. The zero-order chi connectivity index (χ0) is 19.7. The minimum absolute atomic E-state index is 0. The molecule has 4 rings (SSSR count). The van der Waals surface area contributed by atoms with Gasteiger partial charge in [-0.2, -0.15) is 0 Å². The Hall–Kier alpha value is -2.66. The highest BCUT2D eigenvalue weighted by atomic mass is 35.5. The van der Waals surface area contributed by atoms with E-state index in [-0.39, 0.29) is 30.2 Å². The number of carbonyl (C=O) groups excluding carboxylic acids is 1. The van der Waals surface area contributed by atoms with Crippen LogP contribution < -0.4 is 21.9 Å². The average Bonchev–Trinajstić information content (AvgIpc) is 3.27. The third-order valence-electron chi connectivity index (χ3n) is 5.26. The second-order valence-electron chi connectivity index (χ2n) is 7.51. The Morgan fingerprint density at radius 2 is 1.83 bits per heavy atom. The fourth-order valence-corrected chi connectivity index (χ4v) is 4.04. The first-order valence-corrected chi connectivity index (χ1v) is 9.79. The maximum Gasteiger partial charge on any atom is 0.269 e. The van der Waals surface area contributed by atoms with Gasteiger partial charge in [0.25, 0.3) is 11.7 Å². The van der Waals surface area contributed by atoms with Gasteiger partial charge in [0.1, 0.15) is 12.0 Å². The number of halogens is 2. The smallest absolute Gasteiger partial charge is 0.269 e. The predicted molar refractivity (Wildman–Crippen MR) is 107 cm³/mol. The molecule has 0 aliphatic carbocycles. The minimum Gasteiger partial charge on any atom is -1.00 e. The molecule has 0 fully saturated rings. The lowest BCUT2D eigenvalue weighted by Gasteiger charge is -2.26. The van der Waals surface area contributed by atoms with Crippen LogP contribution in [0.1, 0.15) is 26.1 Å². The van der Waals surface area contributed by atoms with E-state index in [4.69, 9.17) is 0 Å². The lowest BCUT2D eigenvalue weighted by atomic mass is 10.1. The highest BCUT2D eigenvalue weighted by molar-refractivity contribution is 5.92. The zero-order valence-corrected chi connectivity index (χ0v) is 17.4. The molecule has 3 aromatic rings. The molecule has 0 spiro atoms. The summed E-state index contributed by atoms with van der Waals surface area (Å²) in [4.78, 5) is 15.0. The van der Waals surface area contributed by atoms with Crippen molar-refractivity contribution in [1.82, 2.24) is 4.57 Å². The Bertz CT molecular complexity index is 983. The second kappa shape index (κ2) is 8.78. The maximum absolute atomic E-state index is 13.3. The van der Waals surface area contributed by atoms with E-state index in [1.165, 1.54) is 12.1 Å². The first kappa shape index (κ1) is 21.1. The van der Waals surface area contributed by atoms with Crippen LogP contribution in [0.15, 0.2) is 60.8 Å². The Morgan fingerprint density at radius 1 is 1.14 bits per heavy atom. The van der Waals surface area contributed by atoms with Gasteiger partial charge in [-0.25, -0.2) is 13.5 Å². The predicted octanol–water partition coefficient (Wildman–Crippen LogP) is 0.973. The van der Waals surface area contributed by atoms with E-state index in [0.717, 1.165) is 42.2 Å². The van der Waals surface area contributed by atoms with Crippen LogP contribution in [-0.2, 0) is 24.3 Å². The van der Waals surface area contributed by atoms with Crippen molar-refractivity contribution in [3.05, 3.63) is 72.4 Å². The summed E-state index contributed by atoms with van der Waals surface area (Å²) in [5.74, 6) is 0.983. The van der Waals surface area contributed by atoms with Crippen molar-refractivity contribution in [2.24, 2.45) is 0 Å². The molecule has 0 unspecified atom stereocenters. The van der Waals surface area contributed by atoms with Gasteiger partial charge in [-0.1, -0.05) is 18.2 Å². The molecule has 1 aliphatic heterocycles. The Kier molecular flexibility index (Phi) is 6.38. The van der Waals surface area contributed by atoms with Crippen LogP contribution in [0.2, 0.25) is 0 Å². The standard InChI is InChI=1S/C23H25FN3O.ClH/c1-17(2)27(20-7-4-3-5-8-20)23(28)16-25-15-21(26-14-6-9-22(25)26)18-10-12-19(24)13-11-18;/h3-5,7-8,10-13,15,17H,6,9,14,16H2,1-2H3;1H/q+1;/p-1. The number of nitrogens with zero attached hydrogens (tertiary/aromatic N) is 3. The first-order chi connectivity index (χ1) is 13.5. The number of anilines is 1. The molecule has 1 amide bonds. The van der Waals surface area contributed by atoms with Crippen LogP contribution in [0, 0.1) is 5.82 Å². The molecule has 0 N–H and O–H groups in total. The molecular formula is C23H25ClFN3O. The maximum atomic E-state index is 13.3. The fourth-order valence-electron chi connectivity index (χ4n) is 4.04. The monoisotopic (exact) mass is 413 g/mol. The summed E-state index contributed by atoms with van der Waals surface area (Å²) in [5.41, 5.74) is 2.92. The number of para-hydroxylation sites is 1. The van der Waals surface area contributed by atoms with Crippen molar-refractivity contribution in [3.63, 3.8) is 0 Å². The highest BCUT2D eigenvalue weighted by Gasteiger charge is 2.31. The molecule has 2 heterocycles. The molecule has 0 saturated heterocycles. The molecule has 2 aromatic carbocycles. The van der Waals surface area contributed by atoms with Crippen molar-refractivity contribution in [2.45, 2.75) is 45.8 Å². The lowest BCUT2D eigenvalue weighted by Crippen LogP contribution is -3.00. The molecule has 152 valence electrons. The van der Waals surface area contributed by atoms with Crippen molar-refractivity contribution in [1.29, 1.82) is 0 Å². The Labute approximate surface area is 177 Å². The molecule has 1 aliphatic rings. The summed E-state index contributed by atoms with van der Waals surface area (Å²) in [5, 5.41) is 0. The van der Waals surface area contributed by atoms with Gasteiger partial charge >= 0.3 is 0 Å². The Balaban J connectivity index is 0.00000240. The summed E-state index contributed by atoms with van der Waals surface area (Å²) in [6.07, 6.45) is 4.04. The number of aromatic nitrogens is 2. The van der Waals surface area contributed by atoms with Gasteiger partial charge < -0.3 is 17.3 Å². The molecule has 0 atom stereocenters. The summed E-state index contributed by atoms with van der Waals surface area (Å²) in [6.45, 7) is 5.28. The van der Waals surface area contributed by atoms with Gasteiger partial charge in [-0.3, -0.25) is 4.79 Å². The van der Waals surface area contributed by atoms with E-state index in [0.29, 0.717) is 6.54 Å². The number of fused-ring (bicyclic) bond motifs is 1. The normalized spacial score (nSPS) is 12.6. The summed E-state index contributed by atoms with van der Waals surface area (Å²) >= 11 is 0. The largest absolute Gasteiger partial charge is 1.00 e. The third kappa shape index (κ3) is 4.20. The molecule has 1 aromatic heterocycles. The summed E-state index contributed by atoms with van der Waals surface area (Å²) < 4.78 is 17.6. The lowest BCUT2D eigenvalue weighted by molar-refractivity contribution is -0.690. The number of imidazole rings is 1. The number of hydrogen-bond donors (Lipinski definition) is 0. The molecule has 4 nitrogen and oxygen atoms in total. The molecular weight excluding hydrogens is 389 g/mol. The van der Waals surface area contributed by atoms with E-state index < -0.39 is 0 Å². The second-order valence-corrected chi connectivity index (χ2v) is 7.51. The van der Waals surface area contributed by atoms with Gasteiger partial charge in [0.15, 0.2) is 12.2 Å². The fraction of sp³-hybridized carbons (Fsp3) is 0.304. The molecule has 6 heteroatoms. The van der Waals surface area contributed by atoms with Crippen LogP contribution in [0.3, 0.4) is 0 Å². The summed E-state index contributed by atoms with van der Waals surface area (Å²) in [6, 6.07) is 16.4. The van der Waals surface area contributed by atoms with Crippen molar-refractivity contribution in [3.8, 4) is 11.3 Å². The van der Waals surface area contributed by atoms with Crippen LogP contribution in [0.25, 0.3) is 11.3 Å². The van der Waals surface area contributed by atoms with Crippen LogP contribution in [0.5, 0.6) is 0 Å². The quantitative estimate of drug-likeness (QED) is 0.573. The van der Waals surface area contributed by atoms with Crippen LogP contribution in [0.4, 0.5) is 10.1 Å². The first-order valence-electron chi connectivity index (χ1n) is 9.79. The van der Waals surface area contributed by atoms with E-state index in [9.17, 15) is 9.18 Å². The van der Waals surface area contributed by atoms with E-state index >= 15 is 0 Å². The van der Waals surface area contributed by atoms with Gasteiger partial charge in [-0.15, -0.1) is 0 Å². The van der Waals surface area contributed by atoms with Crippen LogP contribution in [-0.4, -0.2) is 16.5 Å². The average molecular weight is 414 g/mol. The van der Waals surface area contributed by atoms with E-state index in [1.54, 1.807) is 12.1 Å². The molecule has 0 radical (unpaired) electrons. The van der Waals surface area contributed by atoms with Crippen LogP contribution >= 0.6 is 0 Å². The number of rotatable bonds is 5. The minimum atomic E-state index is -0.240. The van der Waals surface area contributed by atoms with Gasteiger partial charge in [0, 0.05) is 17.3 Å². The van der Waals surface area contributed by atoms with Gasteiger partial charge in [-0.05, 0) is 56.7 Å². The molecule has 0 bridgehead atoms. The number of hydrogen-bond acceptors (Lipinski definition) is 1. The molecule has 0 saturated carbocycles. The van der Waals surface area contributed by atoms with E-state index in [2.05, 4.69) is 9.13 Å². The zero-order valence-electron chi connectivity index (χ0n) is 16.7.